The Balaban J connectivity index is 2.02. The van der Waals surface area contributed by atoms with Gasteiger partial charge < -0.3 is 5.32 Å². The van der Waals surface area contributed by atoms with E-state index in [1.165, 1.54) is 25.7 Å². The minimum Gasteiger partial charge on any atom is -0.313 e. The van der Waals surface area contributed by atoms with Gasteiger partial charge in [-0.3, -0.25) is 0 Å². The highest BCUT2D eigenvalue weighted by Gasteiger charge is 2.50. The monoisotopic (exact) mass is 179 g/mol. The Morgan fingerprint density at radius 2 is 2.23 bits per heavy atom. The van der Waals surface area contributed by atoms with Gasteiger partial charge in [-0.05, 0) is 44.1 Å². The second kappa shape index (κ2) is 3.13. The van der Waals surface area contributed by atoms with Gasteiger partial charge in [0.15, 0.2) is 0 Å². The largest absolute Gasteiger partial charge is 0.313 e. The van der Waals surface area contributed by atoms with Gasteiger partial charge in [0.2, 0.25) is 0 Å². The van der Waals surface area contributed by atoms with Gasteiger partial charge in [0.05, 0.1) is 0 Å². The topological polar surface area (TPSA) is 12.0 Å². The quantitative estimate of drug-likeness (QED) is 0.657. The zero-order chi connectivity index (χ0) is 9.47. The summed E-state index contributed by atoms with van der Waals surface area (Å²) in [6.45, 7) is 4.77. The normalized spacial score (nSPS) is 32.8. The number of likely N-dealkylation sites (N-methyl/N-ethyl adjacent to an activating group) is 1. The summed E-state index contributed by atoms with van der Waals surface area (Å²) in [7, 11) is 2.11. The molecule has 1 N–H and O–H groups in total. The van der Waals surface area contributed by atoms with Crippen molar-refractivity contribution in [2.75, 3.05) is 7.05 Å². The second-order valence-corrected chi connectivity index (χ2v) is 5.24. The molecule has 0 heterocycles. The summed E-state index contributed by atoms with van der Waals surface area (Å²) in [5, 5.41) is 3.49. The average Bonchev–Trinajstić information content (AvgIpc) is 2.55. The van der Waals surface area contributed by atoms with Crippen molar-refractivity contribution in [1.29, 1.82) is 0 Å². The molecule has 0 amide bonds. The van der Waals surface area contributed by atoms with Gasteiger partial charge in [-0.1, -0.05) is 25.5 Å². The molecule has 0 saturated heterocycles. The molecule has 2 unspecified atom stereocenters. The highest BCUT2D eigenvalue weighted by atomic mass is 14.9. The minimum absolute atomic E-state index is 0.594. The molecule has 1 nitrogen and oxygen atoms in total. The standard InChI is InChI=1S/C12H21N/c1-12(2)8-10(12)11(13-3)9-6-4-5-7-9/h6,10-11,13H,4-5,7-8H2,1-3H3. The molecule has 2 aliphatic carbocycles. The first-order valence-corrected chi connectivity index (χ1v) is 5.51. The lowest BCUT2D eigenvalue weighted by molar-refractivity contribution is 0.463. The van der Waals surface area contributed by atoms with E-state index in [4.69, 9.17) is 0 Å². The van der Waals surface area contributed by atoms with Crippen LogP contribution < -0.4 is 5.32 Å². The van der Waals surface area contributed by atoms with Crippen molar-refractivity contribution in [2.24, 2.45) is 11.3 Å². The summed E-state index contributed by atoms with van der Waals surface area (Å²) in [6, 6.07) is 0.678. The molecule has 0 aliphatic heterocycles. The van der Waals surface area contributed by atoms with Crippen LogP contribution in [-0.2, 0) is 0 Å². The Kier molecular flexibility index (Phi) is 2.23. The van der Waals surface area contributed by atoms with E-state index in [2.05, 4.69) is 32.3 Å². The number of nitrogens with one attached hydrogen (secondary N) is 1. The fraction of sp³-hybridized carbons (Fsp3) is 0.833. The van der Waals surface area contributed by atoms with E-state index in [-0.39, 0.29) is 0 Å². The third-order valence-corrected chi connectivity index (χ3v) is 3.78. The summed E-state index contributed by atoms with van der Waals surface area (Å²) in [5.41, 5.74) is 2.27. The Morgan fingerprint density at radius 3 is 2.62 bits per heavy atom. The number of rotatable bonds is 3. The summed E-state index contributed by atoms with van der Waals surface area (Å²) in [4.78, 5) is 0. The first kappa shape index (κ1) is 9.26. The first-order chi connectivity index (χ1) is 6.15. The van der Waals surface area contributed by atoms with Crippen molar-refractivity contribution in [1.82, 2.24) is 5.32 Å². The number of hydrogen-bond acceptors (Lipinski definition) is 1. The van der Waals surface area contributed by atoms with Crippen LogP contribution in [0.3, 0.4) is 0 Å². The molecule has 0 aromatic heterocycles. The van der Waals surface area contributed by atoms with Gasteiger partial charge in [-0.25, -0.2) is 0 Å². The molecule has 74 valence electrons. The molecule has 13 heavy (non-hydrogen) atoms. The van der Waals surface area contributed by atoms with Crippen molar-refractivity contribution in [3.8, 4) is 0 Å². The van der Waals surface area contributed by atoms with Crippen LogP contribution in [0.25, 0.3) is 0 Å². The molecule has 0 aromatic rings. The lowest BCUT2D eigenvalue weighted by Crippen LogP contribution is -2.30. The highest BCUT2D eigenvalue weighted by molar-refractivity contribution is 5.21. The fourth-order valence-corrected chi connectivity index (χ4v) is 2.70. The van der Waals surface area contributed by atoms with Crippen molar-refractivity contribution in [3.63, 3.8) is 0 Å². The van der Waals surface area contributed by atoms with E-state index >= 15 is 0 Å². The van der Waals surface area contributed by atoms with Crippen LogP contribution in [0, 0.1) is 11.3 Å². The van der Waals surface area contributed by atoms with Gasteiger partial charge in [-0.15, -0.1) is 0 Å². The second-order valence-electron chi connectivity index (χ2n) is 5.24. The maximum absolute atomic E-state index is 3.49. The maximum atomic E-state index is 3.49. The average molecular weight is 179 g/mol. The highest BCUT2D eigenvalue weighted by Crippen LogP contribution is 2.55. The van der Waals surface area contributed by atoms with E-state index < -0.39 is 0 Å². The molecule has 0 radical (unpaired) electrons. The van der Waals surface area contributed by atoms with Gasteiger partial charge >= 0.3 is 0 Å². The SMILES string of the molecule is CNC(C1=CCCC1)C1CC1(C)C. The van der Waals surface area contributed by atoms with Crippen LogP contribution in [0.15, 0.2) is 11.6 Å². The molecule has 0 bridgehead atoms. The Bertz CT molecular complexity index is 227. The summed E-state index contributed by atoms with van der Waals surface area (Å²) in [6.07, 6.45) is 7.87. The molecule has 2 atom stereocenters. The number of allylic oxidation sites excluding steroid dienone is 1. The van der Waals surface area contributed by atoms with E-state index in [1.807, 2.05) is 0 Å². The predicted octanol–water partition coefficient (Wildman–Crippen LogP) is 2.73. The van der Waals surface area contributed by atoms with Crippen LogP contribution in [0.1, 0.15) is 39.5 Å². The minimum atomic E-state index is 0.594. The van der Waals surface area contributed by atoms with E-state index in [1.54, 1.807) is 5.57 Å². The smallest absolute Gasteiger partial charge is 0.0310 e. The van der Waals surface area contributed by atoms with Crippen LogP contribution in [0.2, 0.25) is 0 Å². The molecule has 1 saturated carbocycles. The summed E-state index contributed by atoms with van der Waals surface area (Å²) < 4.78 is 0. The third kappa shape index (κ3) is 1.67. The zero-order valence-electron chi connectivity index (χ0n) is 9.06. The lowest BCUT2D eigenvalue weighted by atomic mass is 9.97. The molecule has 2 aliphatic rings. The number of hydrogen-bond donors (Lipinski definition) is 1. The molecule has 0 aromatic carbocycles. The summed E-state index contributed by atoms with van der Waals surface area (Å²) >= 11 is 0. The van der Waals surface area contributed by atoms with Crippen LogP contribution in [-0.4, -0.2) is 13.1 Å². The molecular formula is C12H21N. The predicted molar refractivity (Wildman–Crippen MR) is 56.7 cm³/mol. The fourth-order valence-electron chi connectivity index (χ4n) is 2.70. The zero-order valence-corrected chi connectivity index (χ0v) is 9.06. The van der Waals surface area contributed by atoms with Crippen molar-refractivity contribution in [3.05, 3.63) is 11.6 Å². The van der Waals surface area contributed by atoms with Crippen LogP contribution >= 0.6 is 0 Å². The van der Waals surface area contributed by atoms with Gasteiger partial charge in [0, 0.05) is 6.04 Å². The Morgan fingerprint density at radius 1 is 1.54 bits per heavy atom. The van der Waals surface area contributed by atoms with Gasteiger partial charge in [0.1, 0.15) is 0 Å². The molecular weight excluding hydrogens is 158 g/mol. The van der Waals surface area contributed by atoms with E-state index in [9.17, 15) is 0 Å². The summed E-state index contributed by atoms with van der Waals surface area (Å²) in [5.74, 6) is 0.891. The van der Waals surface area contributed by atoms with E-state index in [0.29, 0.717) is 11.5 Å². The van der Waals surface area contributed by atoms with Gasteiger partial charge in [0.25, 0.3) is 0 Å². The van der Waals surface area contributed by atoms with Crippen LogP contribution in [0.4, 0.5) is 0 Å². The molecule has 2 rings (SSSR count). The van der Waals surface area contributed by atoms with Crippen molar-refractivity contribution in [2.45, 2.75) is 45.6 Å². The first-order valence-electron chi connectivity index (χ1n) is 5.51. The van der Waals surface area contributed by atoms with Crippen molar-refractivity contribution < 1.29 is 0 Å². The lowest BCUT2D eigenvalue weighted by Gasteiger charge is -2.19. The molecule has 0 spiro atoms. The molecule has 1 fully saturated rings. The Hall–Kier alpha value is -0.300. The van der Waals surface area contributed by atoms with E-state index in [0.717, 1.165) is 5.92 Å². The maximum Gasteiger partial charge on any atom is 0.0310 e. The van der Waals surface area contributed by atoms with Crippen molar-refractivity contribution >= 4 is 0 Å². The molecule has 1 heteroatoms. The van der Waals surface area contributed by atoms with Crippen LogP contribution in [0.5, 0.6) is 0 Å². The van der Waals surface area contributed by atoms with Gasteiger partial charge in [-0.2, -0.15) is 0 Å². The Labute approximate surface area is 81.6 Å². The third-order valence-electron chi connectivity index (χ3n) is 3.78.